The van der Waals surface area contributed by atoms with Gasteiger partial charge >= 0.3 is 12.1 Å². The van der Waals surface area contributed by atoms with Gasteiger partial charge in [0.05, 0.1) is 27.6 Å². The molecule has 5 aromatic rings. The highest BCUT2D eigenvalue weighted by Gasteiger charge is 2.52. The van der Waals surface area contributed by atoms with Gasteiger partial charge in [-0.1, -0.05) is 48.4 Å². The van der Waals surface area contributed by atoms with E-state index in [0.717, 1.165) is 41.7 Å². The second-order valence-electron chi connectivity index (χ2n) is 19.6. The molecule has 4 unspecified atom stereocenters. The quantitative estimate of drug-likeness (QED) is 0.0562. The molecule has 71 heavy (non-hydrogen) atoms. The number of anilines is 1. The van der Waals surface area contributed by atoms with Crippen molar-refractivity contribution in [3.63, 3.8) is 0 Å². The van der Waals surface area contributed by atoms with Crippen LogP contribution >= 0.6 is 0 Å². The van der Waals surface area contributed by atoms with E-state index < -0.39 is 52.9 Å². The third-order valence-electron chi connectivity index (χ3n) is 15.1. The molecule has 8 heterocycles. The number of alkyl carbamates (subject to hydrolysis) is 1. The van der Waals surface area contributed by atoms with Crippen molar-refractivity contribution in [1.29, 1.82) is 0 Å². The second kappa shape index (κ2) is 18.4. The van der Waals surface area contributed by atoms with Crippen molar-refractivity contribution in [3.05, 3.63) is 101 Å². The van der Waals surface area contributed by atoms with Crippen LogP contribution in [0.1, 0.15) is 89.6 Å². The summed E-state index contributed by atoms with van der Waals surface area (Å²) in [6, 6.07) is 12.6. The van der Waals surface area contributed by atoms with E-state index in [1.54, 1.807) is 48.7 Å². The number of terminal acetylenes is 1. The molecule has 364 valence electrons. The van der Waals surface area contributed by atoms with Gasteiger partial charge in [-0.3, -0.25) is 39.3 Å². The zero-order valence-electron chi connectivity index (χ0n) is 38.9. The number of piperazine rings is 1. The zero-order chi connectivity index (χ0) is 49.1. The molecule has 2 aromatic heterocycles. The molecule has 2 bridgehead atoms. The Morgan fingerprint density at radius 1 is 0.972 bits per heavy atom. The summed E-state index contributed by atoms with van der Waals surface area (Å²) in [5.41, 5.74) is 2.23. The Labute approximate surface area is 407 Å². The SMILES string of the molecule is C#Cc1c(F)ccc2cccc(-c3ncc4c(N5CC6CCC(C5)N6)nc(OCC56CC[C@@H](COC(=O)NCCCCc7ccc8c(c7)C(=O)N(C7CCC(=O)NC7=O)C8=O)N5CC(=C)C6)nc4c3F)c12. The van der Waals surface area contributed by atoms with E-state index >= 15 is 8.78 Å². The Kier molecular flexibility index (Phi) is 12.0. The first-order valence-corrected chi connectivity index (χ1v) is 24.2. The maximum atomic E-state index is 17.2. The first-order valence-electron chi connectivity index (χ1n) is 24.2. The van der Waals surface area contributed by atoms with Crippen LogP contribution in [0, 0.1) is 24.0 Å². The monoisotopic (exact) mass is 963 g/mol. The topological polar surface area (TPSA) is 188 Å². The average molecular weight is 964 g/mol. The van der Waals surface area contributed by atoms with Crippen LogP contribution in [0.5, 0.6) is 6.01 Å². The van der Waals surface area contributed by atoms with Crippen LogP contribution in [-0.2, 0) is 20.7 Å². The van der Waals surface area contributed by atoms with Crippen molar-refractivity contribution in [1.82, 2.24) is 40.7 Å². The van der Waals surface area contributed by atoms with Gasteiger partial charge in [-0.25, -0.2) is 13.6 Å². The van der Waals surface area contributed by atoms with Gasteiger partial charge in [-0.2, -0.15) is 9.97 Å². The minimum Gasteiger partial charge on any atom is -0.461 e. The molecule has 6 aliphatic heterocycles. The van der Waals surface area contributed by atoms with Gasteiger partial charge in [0.2, 0.25) is 11.8 Å². The fourth-order valence-electron chi connectivity index (χ4n) is 11.7. The van der Waals surface area contributed by atoms with Gasteiger partial charge in [0.25, 0.3) is 11.8 Å². The fraction of sp³-hybridized carbons (Fsp3) is 0.396. The average Bonchev–Trinajstić information content (AvgIpc) is 4.06. The minimum atomic E-state index is -1.02. The number of fused-ring (bicyclic) bond motifs is 6. The van der Waals surface area contributed by atoms with E-state index in [0.29, 0.717) is 79.4 Å². The molecular weight excluding hydrogens is 913 g/mol. The Morgan fingerprint density at radius 2 is 1.79 bits per heavy atom. The van der Waals surface area contributed by atoms with E-state index in [4.69, 9.17) is 25.9 Å². The third kappa shape index (κ3) is 8.40. The van der Waals surface area contributed by atoms with E-state index in [1.165, 1.54) is 6.07 Å². The van der Waals surface area contributed by atoms with Gasteiger partial charge in [-0.15, -0.1) is 6.42 Å². The smallest absolute Gasteiger partial charge is 0.407 e. The van der Waals surface area contributed by atoms with E-state index in [2.05, 4.69) is 43.2 Å². The van der Waals surface area contributed by atoms with Crippen molar-refractivity contribution >= 4 is 57.2 Å². The number of nitrogens with one attached hydrogen (secondary N) is 3. The summed E-state index contributed by atoms with van der Waals surface area (Å²) in [5.74, 6) is -0.492. The van der Waals surface area contributed by atoms with Crippen molar-refractivity contribution in [3.8, 4) is 29.6 Å². The Bertz CT molecular complexity index is 3130. The van der Waals surface area contributed by atoms with Crippen LogP contribution in [0.3, 0.4) is 0 Å². The molecule has 3 aromatic carbocycles. The molecular formula is C53H51F2N9O7. The molecule has 0 saturated carbocycles. The predicted molar refractivity (Wildman–Crippen MR) is 257 cm³/mol. The summed E-state index contributed by atoms with van der Waals surface area (Å²) >= 11 is 0. The predicted octanol–water partition coefficient (Wildman–Crippen LogP) is 5.74. The van der Waals surface area contributed by atoms with Crippen molar-refractivity contribution in [2.75, 3.05) is 44.3 Å². The van der Waals surface area contributed by atoms with Crippen LogP contribution in [-0.4, -0.2) is 124 Å². The van der Waals surface area contributed by atoms with Crippen LogP contribution < -0.4 is 25.6 Å². The standard InChI is InChI=1S/C53H51F2N9O7/c1-3-35-40(54)15-11-31-8-6-9-37(43(31)35)45-44(55)46-39(23-57-45)47(62-25-32-12-13-33(26-62)58-32)61-51(60-46)71-28-53-19-18-34(63(53)24-29(2)22-53)27-70-52(69)56-20-5-4-7-30-10-14-36-38(21-30)50(68)64(49(36)67)41-16-17-42(65)59-48(41)66/h1,6,8-11,14-15,21,23,32-34,41,58H,2,4-5,7,12-13,16-20,22,24-28H2,(H,56,69)(H,59,65,66)/t32?,33?,34-,41?,53?/m0/s1. The molecule has 6 aliphatic rings. The summed E-state index contributed by atoms with van der Waals surface area (Å²) < 4.78 is 44.5. The molecule has 3 N–H and O–H groups in total. The van der Waals surface area contributed by atoms with E-state index in [1.807, 2.05) is 0 Å². The van der Waals surface area contributed by atoms with Crippen LogP contribution in [0.2, 0.25) is 0 Å². The lowest BCUT2D eigenvalue weighted by molar-refractivity contribution is -0.136. The number of benzene rings is 3. The number of rotatable bonds is 13. The number of unbranched alkanes of at least 4 members (excludes halogenated alkanes) is 1. The lowest BCUT2D eigenvalue weighted by Gasteiger charge is -2.35. The number of nitrogens with zero attached hydrogens (tertiary/aromatic N) is 6. The lowest BCUT2D eigenvalue weighted by atomic mass is 9.94. The van der Waals surface area contributed by atoms with Crippen LogP contribution in [0.25, 0.3) is 32.9 Å². The fourth-order valence-corrected chi connectivity index (χ4v) is 11.7. The summed E-state index contributed by atoms with van der Waals surface area (Å²) in [4.78, 5) is 82.9. The minimum absolute atomic E-state index is 0.0168. The molecule has 0 aliphatic carbocycles. The Morgan fingerprint density at radius 3 is 2.59 bits per heavy atom. The van der Waals surface area contributed by atoms with Crippen molar-refractivity contribution in [2.24, 2.45) is 0 Å². The third-order valence-corrected chi connectivity index (χ3v) is 15.1. The number of ether oxygens (including phenoxy) is 2. The molecule has 11 rings (SSSR count). The molecule has 5 atom stereocenters. The Hall–Kier alpha value is -7.36. The Balaban J connectivity index is 0.734. The lowest BCUT2D eigenvalue weighted by Crippen LogP contribution is -2.54. The molecule has 5 saturated heterocycles. The highest BCUT2D eigenvalue weighted by molar-refractivity contribution is 6.23. The van der Waals surface area contributed by atoms with Gasteiger partial charge in [-0.05, 0) is 86.9 Å². The molecule has 0 radical (unpaired) electrons. The highest BCUT2D eigenvalue weighted by atomic mass is 19.1. The number of carbonyl (C=O) groups excluding carboxylic acids is 5. The molecule has 16 nitrogen and oxygen atoms in total. The first-order chi connectivity index (χ1) is 34.4. The zero-order valence-corrected chi connectivity index (χ0v) is 38.9. The van der Waals surface area contributed by atoms with Crippen molar-refractivity contribution in [2.45, 2.75) is 93.9 Å². The number of aromatic nitrogens is 3. The van der Waals surface area contributed by atoms with Crippen LogP contribution in [0.4, 0.5) is 19.4 Å². The molecule has 5 fully saturated rings. The van der Waals surface area contributed by atoms with Gasteiger partial charge in [0, 0.05) is 67.9 Å². The normalized spacial score (nSPS) is 23.9. The van der Waals surface area contributed by atoms with E-state index in [-0.39, 0.29) is 78.1 Å². The number of carbonyl (C=O) groups is 5. The first kappa shape index (κ1) is 46.0. The number of imide groups is 2. The van der Waals surface area contributed by atoms with Gasteiger partial charge in [0.1, 0.15) is 42.1 Å². The van der Waals surface area contributed by atoms with Gasteiger partial charge in [0.15, 0.2) is 5.82 Å². The summed E-state index contributed by atoms with van der Waals surface area (Å²) in [6.45, 7) is 6.95. The summed E-state index contributed by atoms with van der Waals surface area (Å²) in [6.07, 6.45) is 13.0. The maximum absolute atomic E-state index is 17.2. The highest BCUT2D eigenvalue weighted by Crippen LogP contribution is 2.45. The van der Waals surface area contributed by atoms with Gasteiger partial charge < -0.3 is 25.0 Å². The maximum Gasteiger partial charge on any atom is 0.407 e. The summed E-state index contributed by atoms with van der Waals surface area (Å²) in [5, 5.41) is 10.2. The second-order valence-corrected chi connectivity index (χ2v) is 19.6. The van der Waals surface area contributed by atoms with Crippen LogP contribution in [0.15, 0.2) is 66.9 Å². The van der Waals surface area contributed by atoms with E-state index in [9.17, 15) is 24.0 Å². The number of aryl methyl sites for hydroxylation is 1. The summed E-state index contributed by atoms with van der Waals surface area (Å²) in [7, 11) is 0. The number of piperidine rings is 1. The largest absolute Gasteiger partial charge is 0.461 e. The number of hydrogen-bond acceptors (Lipinski definition) is 13. The number of amides is 5. The molecule has 5 amide bonds. The molecule has 0 spiro atoms. The number of halogens is 2. The van der Waals surface area contributed by atoms with Crippen molar-refractivity contribution < 1.29 is 42.2 Å². The molecule has 18 heteroatoms. The number of pyridine rings is 1. The number of hydrogen-bond donors (Lipinski definition) is 3.